The Kier molecular flexibility index (Phi) is 6.93. The first-order chi connectivity index (χ1) is 10.6. The van der Waals surface area contributed by atoms with Crippen LogP contribution in [-0.2, 0) is 38.1 Å². The van der Waals surface area contributed by atoms with E-state index in [1.165, 1.54) is 7.11 Å². The number of rotatable bonds is 5. The summed E-state index contributed by atoms with van der Waals surface area (Å²) in [7, 11) is 1.26. The fourth-order valence-electron chi connectivity index (χ4n) is 2.20. The van der Waals surface area contributed by atoms with E-state index in [4.69, 9.17) is 23.7 Å². The Balaban J connectivity index is 3.28. The molecule has 23 heavy (non-hydrogen) atoms. The first-order valence-electron chi connectivity index (χ1n) is 6.69. The maximum atomic E-state index is 11.4. The molecule has 0 radical (unpaired) electrons. The maximum Gasteiger partial charge on any atom is 0.303 e. The molecule has 0 aliphatic carbocycles. The summed E-state index contributed by atoms with van der Waals surface area (Å²) >= 11 is 3.13. The Morgan fingerprint density at radius 1 is 1.04 bits per heavy atom. The second kappa shape index (κ2) is 8.04. The number of methoxy groups -OCH3 is 1. The average molecular weight is 399 g/mol. The zero-order valence-electron chi connectivity index (χ0n) is 13.1. The summed E-state index contributed by atoms with van der Waals surface area (Å²) in [5.41, 5.74) is 0. The molecule has 1 fully saturated rings. The molecule has 0 aromatic heterocycles. The zero-order chi connectivity index (χ0) is 17.8. The van der Waals surface area contributed by atoms with Crippen LogP contribution in [0.3, 0.4) is 0 Å². The summed E-state index contributed by atoms with van der Waals surface area (Å²) < 4.78 is 24.4. The van der Waals surface area contributed by atoms with E-state index < -0.39 is 53.6 Å². The molecule has 5 atom stereocenters. The van der Waals surface area contributed by atoms with Gasteiger partial charge in [0, 0.05) is 27.9 Å². The SMILES string of the molecule is CO[C@@]1(Br)O[C@H](CO)[C@@H](OC(C)=O)[C@H](OC(C)=O)[C@H]1OC(C)=O. The number of aliphatic hydroxyl groups excluding tert-OH is 1. The van der Waals surface area contributed by atoms with Crippen molar-refractivity contribution in [2.75, 3.05) is 13.7 Å². The van der Waals surface area contributed by atoms with Crippen LogP contribution < -0.4 is 0 Å². The van der Waals surface area contributed by atoms with Gasteiger partial charge in [0.15, 0.2) is 12.2 Å². The number of alkyl halides is 1. The number of esters is 3. The fraction of sp³-hybridized carbons (Fsp3) is 0.769. The Bertz CT molecular complexity index is 468. The van der Waals surface area contributed by atoms with Crippen LogP contribution in [-0.4, -0.2) is 65.8 Å². The van der Waals surface area contributed by atoms with E-state index >= 15 is 0 Å². The van der Waals surface area contributed by atoms with Gasteiger partial charge in [-0.2, -0.15) is 0 Å². The second-order valence-electron chi connectivity index (χ2n) is 4.80. The van der Waals surface area contributed by atoms with Gasteiger partial charge in [0.25, 0.3) is 4.70 Å². The van der Waals surface area contributed by atoms with Crippen molar-refractivity contribution in [1.82, 2.24) is 0 Å². The van der Waals surface area contributed by atoms with Crippen molar-refractivity contribution in [3.63, 3.8) is 0 Å². The van der Waals surface area contributed by atoms with E-state index in [2.05, 4.69) is 15.9 Å². The molecule has 9 nitrogen and oxygen atoms in total. The molecule has 0 bridgehead atoms. The molecule has 1 heterocycles. The Morgan fingerprint density at radius 3 is 1.91 bits per heavy atom. The predicted molar refractivity (Wildman–Crippen MR) is 77.3 cm³/mol. The van der Waals surface area contributed by atoms with Crippen LogP contribution >= 0.6 is 15.9 Å². The molecule has 10 heteroatoms. The summed E-state index contributed by atoms with van der Waals surface area (Å²) in [5, 5.41) is 9.48. The molecule has 1 N–H and O–H groups in total. The molecule has 0 aromatic rings. The van der Waals surface area contributed by atoms with Crippen LogP contribution in [0.25, 0.3) is 0 Å². The van der Waals surface area contributed by atoms with Gasteiger partial charge in [-0.15, -0.1) is 0 Å². The molecule has 1 saturated heterocycles. The van der Waals surface area contributed by atoms with Gasteiger partial charge in [0.2, 0.25) is 6.10 Å². The highest BCUT2D eigenvalue weighted by atomic mass is 79.9. The Hall–Kier alpha value is -1.23. The number of ether oxygens (including phenoxy) is 5. The standard InChI is InChI=1S/C13H19BrO9/c1-6(16)20-10-9(5-15)23-13(14,19-4)12(22-8(3)18)11(10)21-7(2)17/h9-12,15H,5H2,1-4H3/t9-,10-,11+,12-,13-/m1/s1. The normalized spacial score (nSPS) is 33.7. The molecule has 0 amide bonds. The van der Waals surface area contributed by atoms with E-state index in [1.54, 1.807) is 0 Å². The van der Waals surface area contributed by atoms with Crippen molar-refractivity contribution in [1.29, 1.82) is 0 Å². The summed E-state index contributed by atoms with van der Waals surface area (Å²) in [6.45, 7) is 2.88. The molecular formula is C13H19BrO9. The minimum absolute atomic E-state index is 0.556. The highest BCUT2D eigenvalue weighted by molar-refractivity contribution is 9.10. The third kappa shape index (κ3) is 4.87. The predicted octanol–water partition coefficient (Wildman–Crippen LogP) is -0.132. The van der Waals surface area contributed by atoms with Gasteiger partial charge in [-0.25, -0.2) is 0 Å². The van der Waals surface area contributed by atoms with E-state index in [1.807, 2.05) is 0 Å². The molecule has 1 aliphatic rings. The van der Waals surface area contributed by atoms with Crippen molar-refractivity contribution in [2.24, 2.45) is 0 Å². The zero-order valence-corrected chi connectivity index (χ0v) is 14.7. The summed E-state index contributed by atoms with van der Waals surface area (Å²) in [6.07, 6.45) is -4.78. The van der Waals surface area contributed by atoms with Gasteiger partial charge in [-0.1, -0.05) is 0 Å². The minimum atomic E-state index is -1.69. The van der Waals surface area contributed by atoms with Gasteiger partial charge in [-0.05, 0) is 15.9 Å². The quantitative estimate of drug-likeness (QED) is 0.383. The van der Waals surface area contributed by atoms with Gasteiger partial charge in [-0.3, -0.25) is 14.4 Å². The van der Waals surface area contributed by atoms with Crippen molar-refractivity contribution < 1.29 is 43.2 Å². The Labute approximate surface area is 141 Å². The topological polar surface area (TPSA) is 118 Å². The smallest absolute Gasteiger partial charge is 0.303 e. The lowest BCUT2D eigenvalue weighted by molar-refractivity contribution is -0.315. The number of hydrogen-bond donors (Lipinski definition) is 1. The number of halogens is 1. The van der Waals surface area contributed by atoms with Crippen LogP contribution in [0.5, 0.6) is 0 Å². The summed E-state index contributed by atoms with van der Waals surface area (Å²) in [5.74, 6) is -2.08. The van der Waals surface area contributed by atoms with E-state index in [9.17, 15) is 19.5 Å². The third-order valence-electron chi connectivity index (χ3n) is 3.00. The molecule has 0 spiro atoms. The minimum Gasteiger partial charge on any atom is -0.456 e. The lowest BCUT2D eigenvalue weighted by Crippen LogP contribution is -2.66. The van der Waals surface area contributed by atoms with Crippen LogP contribution in [0.4, 0.5) is 0 Å². The number of carbonyl (C=O) groups excluding carboxylic acids is 3. The highest BCUT2D eigenvalue weighted by Crippen LogP contribution is 2.40. The molecule has 132 valence electrons. The van der Waals surface area contributed by atoms with E-state index in [0.717, 1.165) is 20.8 Å². The molecule has 1 aliphatic heterocycles. The van der Waals surface area contributed by atoms with Gasteiger partial charge in [0.05, 0.1) is 6.61 Å². The van der Waals surface area contributed by atoms with Gasteiger partial charge in [0.1, 0.15) is 6.10 Å². The molecule has 0 aromatic carbocycles. The molecule has 1 rings (SSSR count). The molecule has 0 saturated carbocycles. The average Bonchev–Trinajstić information content (AvgIpc) is 2.44. The van der Waals surface area contributed by atoms with Crippen LogP contribution in [0, 0.1) is 0 Å². The number of carbonyl (C=O) groups is 3. The number of hydrogen-bond acceptors (Lipinski definition) is 9. The van der Waals surface area contributed by atoms with Crippen molar-refractivity contribution >= 4 is 33.8 Å². The summed E-state index contributed by atoms with van der Waals surface area (Å²) in [4.78, 5) is 34.1. The largest absolute Gasteiger partial charge is 0.456 e. The van der Waals surface area contributed by atoms with Crippen molar-refractivity contribution in [2.45, 2.75) is 49.9 Å². The lowest BCUT2D eigenvalue weighted by Gasteiger charge is -2.47. The molecule has 0 unspecified atom stereocenters. The third-order valence-corrected chi connectivity index (χ3v) is 3.96. The molecular weight excluding hydrogens is 380 g/mol. The van der Waals surface area contributed by atoms with Crippen LogP contribution in [0.1, 0.15) is 20.8 Å². The fourth-order valence-corrected chi connectivity index (χ4v) is 2.79. The van der Waals surface area contributed by atoms with E-state index in [-0.39, 0.29) is 0 Å². The van der Waals surface area contributed by atoms with E-state index in [0.29, 0.717) is 0 Å². The van der Waals surface area contributed by atoms with Crippen LogP contribution in [0.2, 0.25) is 0 Å². The second-order valence-corrected chi connectivity index (χ2v) is 5.91. The van der Waals surface area contributed by atoms with Gasteiger partial charge < -0.3 is 28.8 Å². The lowest BCUT2D eigenvalue weighted by atomic mass is 9.98. The van der Waals surface area contributed by atoms with Crippen molar-refractivity contribution in [3.05, 3.63) is 0 Å². The first kappa shape index (κ1) is 19.8. The first-order valence-corrected chi connectivity index (χ1v) is 7.48. The monoisotopic (exact) mass is 398 g/mol. The van der Waals surface area contributed by atoms with Crippen molar-refractivity contribution in [3.8, 4) is 0 Å². The highest BCUT2D eigenvalue weighted by Gasteiger charge is 2.59. The van der Waals surface area contributed by atoms with Gasteiger partial charge >= 0.3 is 17.9 Å². The number of aliphatic hydroxyl groups is 1. The summed E-state index contributed by atoms with van der Waals surface area (Å²) in [6, 6.07) is 0. The Morgan fingerprint density at radius 2 is 1.52 bits per heavy atom. The van der Waals surface area contributed by atoms with Crippen LogP contribution in [0.15, 0.2) is 0 Å². The maximum absolute atomic E-state index is 11.4.